The van der Waals surface area contributed by atoms with Gasteiger partial charge in [0.1, 0.15) is 5.78 Å². The van der Waals surface area contributed by atoms with E-state index in [0.29, 0.717) is 5.78 Å². The molecule has 64 valence electrons. The van der Waals surface area contributed by atoms with E-state index < -0.39 is 0 Å². The summed E-state index contributed by atoms with van der Waals surface area (Å²) < 4.78 is 0. The molecular formula is C8H14OS2. The second-order valence-corrected chi connectivity index (χ2v) is 5.45. The zero-order chi connectivity index (χ0) is 8.27. The third kappa shape index (κ3) is 2.71. The van der Waals surface area contributed by atoms with E-state index in [1.807, 2.05) is 37.4 Å². The highest BCUT2D eigenvalue weighted by Crippen LogP contribution is 2.26. The van der Waals surface area contributed by atoms with E-state index in [9.17, 15) is 4.79 Å². The molecule has 1 fully saturated rings. The van der Waals surface area contributed by atoms with E-state index in [4.69, 9.17) is 0 Å². The highest BCUT2D eigenvalue weighted by atomic mass is 32.2. The maximum atomic E-state index is 11.5. The van der Waals surface area contributed by atoms with Gasteiger partial charge in [-0.3, -0.25) is 4.79 Å². The Labute approximate surface area is 76.7 Å². The fraction of sp³-hybridized carbons (Fsp3) is 0.875. The lowest BCUT2D eigenvalue weighted by molar-refractivity contribution is -0.121. The molecule has 0 bridgehead atoms. The monoisotopic (exact) mass is 190 g/mol. The maximum absolute atomic E-state index is 11.5. The molecule has 1 rings (SSSR count). The number of carbonyl (C=O) groups is 1. The number of rotatable bonds is 2. The van der Waals surface area contributed by atoms with Gasteiger partial charge in [0, 0.05) is 23.2 Å². The third-order valence-corrected chi connectivity index (χ3v) is 4.47. The number of thioether (sulfide) groups is 2. The van der Waals surface area contributed by atoms with Gasteiger partial charge in [0.15, 0.2) is 0 Å². The summed E-state index contributed by atoms with van der Waals surface area (Å²) in [6, 6.07) is 0. The van der Waals surface area contributed by atoms with Gasteiger partial charge in [-0.05, 0) is 0 Å². The van der Waals surface area contributed by atoms with Crippen molar-refractivity contribution in [1.29, 1.82) is 0 Å². The quantitative estimate of drug-likeness (QED) is 0.663. The predicted octanol–water partition coefficient (Wildman–Crippen LogP) is 2.06. The van der Waals surface area contributed by atoms with Crippen LogP contribution in [0.2, 0.25) is 0 Å². The standard InChI is InChI=1S/C8H14OS2/c1-6(2)8(9)7-5-10-3-4-11-7/h6-7H,3-5H2,1-2H3. The summed E-state index contributed by atoms with van der Waals surface area (Å²) in [7, 11) is 0. The van der Waals surface area contributed by atoms with Gasteiger partial charge in [-0.25, -0.2) is 0 Å². The molecule has 0 spiro atoms. The molecule has 1 aliphatic heterocycles. The Balaban J connectivity index is 2.39. The molecule has 1 nitrogen and oxygen atoms in total. The normalized spacial score (nSPS) is 25.5. The number of ketones is 1. The summed E-state index contributed by atoms with van der Waals surface area (Å²) in [5.41, 5.74) is 0. The van der Waals surface area contributed by atoms with Gasteiger partial charge in [-0.15, -0.1) is 11.8 Å². The average Bonchev–Trinajstić information content (AvgIpc) is 2.05. The van der Waals surface area contributed by atoms with E-state index in [-0.39, 0.29) is 11.2 Å². The molecule has 0 radical (unpaired) electrons. The van der Waals surface area contributed by atoms with Crippen LogP contribution in [0.5, 0.6) is 0 Å². The fourth-order valence-corrected chi connectivity index (χ4v) is 3.82. The first-order valence-corrected chi connectivity index (χ1v) is 6.15. The van der Waals surface area contributed by atoms with Crippen molar-refractivity contribution in [3.05, 3.63) is 0 Å². The molecule has 3 heteroatoms. The maximum Gasteiger partial charge on any atom is 0.149 e. The van der Waals surface area contributed by atoms with Crippen molar-refractivity contribution in [3.8, 4) is 0 Å². The molecule has 0 aliphatic carbocycles. The summed E-state index contributed by atoms with van der Waals surface area (Å²) >= 11 is 3.74. The zero-order valence-corrected chi connectivity index (χ0v) is 8.63. The Morgan fingerprint density at radius 1 is 1.45 bits per heavy atom. The summed E-state index contributed by atoms with van der Waals surface area (Å²) in [6.07, 6.45) is 0. The van der Waals surface area contributed by atoms with Gasteiger partial charge in [-0.1, -0.05) is 13.8 Å². The number of carbonyl (C=O) groups excluding carboxylic acids is 1. The second-order valence-electron chi connectivity index (χ2n) is 2.99. The molecule has 1 aliphatic rings. The molecule has 1 saturated heterocycles. The number of hydrogen-bond acceptors (Lipinski definition) is 3. The molecule has 0 N–H and O–H groups in total. The van der Waals surface area contributed by atoms with E-state index in [0.717, 1.165) is 11.5 Å². The van der Waals surface area contributed by atoms with Gasteiger partial charge in [0.05, 0.1) is 5.25 Å². The van der Waals surface area contributed by atoms with Gasteiger partial charge in [-0.2, -0.15) is 11.8 Å². The van der Waals surface area contributed by atoms with Crippen molar-refractivity contribution < 1.29 is 4.79 Å². The van der Waals surface area contributed by atoms with Crippen LogP contribution in [0.1, 0.15) is 13.8 Å². The van der Waals surface area contributed by atoms with Gasteiger partial charge >= 0.3 is 0 Å². The van der Waals surface area contributed by atoms with Crippen molar-refractivity contribution in [2.45, 2.75) is 19.1 Å². The van der Waals surface area contributed by atoms with E-state index in [1.54, 1.807) is 0 Å². The number of Topliss-reactive ketones (excluding diaryl/α,β-unsaturated/α-hetero) is 1. The minimum atomic E-state index is 0.214. The van der Waals surface area contributed by atoms with Crippen LogP contribution in [0, 0.1) is 5.92 Å². The van der Waals surface area contributed by atoms with Crippen LogP contribution in [0.4, 0.5) is 0 Å². The van der Waals surface area contributed by atoms with Crippen molar-refractivity contribution in [1.82, 2.24) is 0 Å². The minimum absolute atomic E-state index is 0.214. The first-order valence-electron chi connectivity index (χ1n) is 3.95. The predicted molar refractivity (Wildman–Crippen MR) is 53.4 cm³/mol. The van der Waals surface area contributed by atoms with Crippen LogP contribution in [0.3, 0.4) is 0 Å². The van der Waals surface area contributed by atoms with Gasteiger partial charge in [0.2, 0.25) is 0 Å². The molecule has 0 aromatic carbocycles. The second kappa shape index (κ2) is 4.41. The Hall–Kier alpha value is 0.370. The Bertz CT molecular complexity index is 139. The Morgan fingerprint density at radius 3 is 2.64 bits per heavy atom. The van der Waals surface area contributed by atoms with Crippen LogP contribution in [0.25, 0.3) is 0 Å². The van der Waals surface area contributed by atoms with E-state index in [1.165, 1.54) is 5.75 Å². The van der Waals surface area contributed by atoms with Crippen LogP contribution in [-0.4, -0.2) is 28.3 Å². The lowest BCUT2D eigenvalue weighted by Gasteiger charge is -2.20. The highest BCUT2D eigenvalue weighted by molar-refractivity contribution is 8.07. The lowest BCUT2D eigenvalue weighted by Crippen LogP contribution is -2.27. The smallest absolute Gasteiger partial charge is 0.149 e. The zero-order valence-electron chi connectivity index (χ0n) is 7.00. The molecule has 0 aromatic rings. The molecule has 1 heterocycles. The van der Waals surface area contributed by atoms with Crippen molar-refractivity contribution in [2.75, 3.05) is 17.3 Å². The first kappa shape index (κ1) is 9.46. The molecule has 1 atom stereocenters. The fourth-order valence-electron chi connectivity index (χ4n) is 1.02. The summed E-state index contributed by atoms with van der Waals surface area (Å²) in [6.45, 7) is 3.98. The molecule has 11 heavy (non-hydrogen) atoms. The summed E-state index contributed by atoms with van der Waals surface area (Å²) in [5, 5.41) is 0.286. The topological polar surface area (TPSA) is 17.1 Å². The van der Waals surface area contributed by atoms with Crippen LogP contribution in [-0.2, 0) is 4.79 Å². The van der Waals surface area contributed by atoms with Gasteiger partial charge in [0.25, 0.3) is 0 Å². The number of hydrogen-bond donors (Lipinski definition) is 0. The Morgan fingerprint density at radius 2 is 2.18 bits per heavy atom. The minimum Gasteiger partial charge on any atom is -0.298 e. The van der Waals surface area contributed by atoms with Crippen molar-refractivity contribution in [3.63, 3.8) is 0 Å². The largest absolute Gasteiger partial charge is 0.298 e. The lowest BCUT2D eigenvalue weighted by atomic mass is 10.1. The molecular weight excluding hydrogens is 176 g/mol. The van der Waals surface area contributed by atoms with Gasteiger partial charge < -0.3 is 0 Å². The molecule has 1 unspecified atom stereocenters. The molecule has 0 saturated carbocycles. The molecule has 0 amide bonds. The Kier molecular flexibility index (Phi) is 3.79. The summed E-state index contributed by atoms with van der Waals surface area (Å²) in [4.78, 5) is 11.5. The first-order chi connectivity index (χ1) is 5.22. The van der Waals surface area contributed by atoms with E-state index >= 15 is 0 Å². The van der Waals surface area contributed by atoms with Crippen LogP contribution >= 0.6 is 23.5 Å². The van der Waals surface area contributed by atoms with Crippen LogP contribution < -0.4 is 0 Å². The SMILES string of the molecule is CC(C)C(=O)C1CSCCS1. The summed E-state index contributed by atoms with van der Waals surface area (Å²) in [5.74, 6) is 4.04. The average molecular weight is 190 g/mol. The van der Waals surface area contributed by atoms with E-state index in [2.05, 4.69) is 0 Å². The third-order valence-electron chi connectivity index (χ3n) is 1.70. The highest BCUT2D eigenvalue weighted by Gasteiger charge is 2.23. The van der Waals surface area contributed by atoms with Crippen molar-refractivity contribution in [2.24, 2.45) is 5.92 Å². The molecule has 0 aromatic heterocycles. The van der Waals surface area contributed by atoms with Crippen LogP contribution in [0.15, 0.2) is 0 Å². The van der Waals surface area contributed by atoms with Crippen molar-refractivity contribution >= 4 is 29.3 Å².